The summed E-state index contributed by atoms with van der Waals surface area (Å²) in [6, 6.07) is 15.3. The maximum atomic E-state index is 11.2. The molecule has 0 aliphatic carbocycles. The molecule has 0 fully saturated rings. The Bertz CT molecular complexity index is 596. The molecule has 0 atom stereocenters. The monoisotopic (exact) mass is 333 g/mol. The molecule has 0 bridgehead atoms. The van der Waals surface area contributed by atoms with E-state index < -0.39 is 5.97 Å². The minimum absolute atomic E-state index is 0.371. The van der Waals surface area contributed by atoms with Gasteiger partial charge in [0.25, 0.3) is 0 Å². The molecule has 0 aliphatic heterocycles. The van der Waals surface area contributed by atoms with E-state index in [2.05, 4.69) is 33.0 Å². The largest absolute Gasteiger partial charge is 0.478 e. The van der Waals surface area contributed by atoms with E-state index in [1.807, 2.05) is 31.3 Å². The van der Waals surface area contributed by atoms with Gasteiger partial charge in [0.2, 0.25) is 0 Å². The van der Waals surface area contributed by atoms with Crippen LogP contribution in [0.1, 0.15) is 21.5 Å². The number of rotatable bonds is 5. The SMILES string of the molecule is CN(Cc1ccc(Br)cc1)Cc1ccccc1C(=O)O. The van der Waals surface area contributed by atoms with Crippen LogP contribution < -0.4 is 0 Å². The summed E-state index contributed by atoms with van der Waals surface area (Å²) in [5.41, 5.74) is 2.40. The minimum atomic E-state index is -0.877. The van der Waals surface area contributed by atoms with Gasteiger partial charge in [0.05, 0.1) is 5.56 Å². The van der Waals surface area contributed by atoms with Gasteiger partial charge in [-0.15, -0.1) is 0 Å². The lowest BCUT2D eigenvalue weighted by atomic mass is 10.1. The van der Waals surface area contributed by atoms with E-state index in [0.29, 0.717) is 12.1 Å². The molecule has 1 N–H and O–H groups in total. The van der Waals surface area contributed by atoms with Crippen molar-refractivity contribution in [1.29, 1.82) is 0 Å². The fourth-order valence-electron chi connectivity index (χ4n) is 2.12. The Balaban J connectivity index is 2.06. The number of hydrogen-bond donors (Lipinski definition) is 1. The molecule has 0 spiro atoms. The van der Waals surface area contributed by atoms with Crippen LogP contribution in [0.4, 0.5) is 0 Å². The smallest absolute Gasteiger partial charge is 0.336 e. The Labute approximate surface area is 127 Å². The number of carboxylic acids is 1. The average molecular weight is 334 g/mol. The Morgan fingerprint density at radius 2 is 1.75 bits per heavy atom. The van der Waals surface area contributed by atoms with Crippen molar-refractivity contribution in [3.8, 4) is 0 Å². The summed E-state index contributed by atoms with van der Waals surface area (Å²) in [5.74, 6) is -0.877. The highest BCUT2D eigenvalue weighted by Crippen LogP contribution is 2.15. The number of carboxylic acid groups (broad SMARTS) is 1. The minimum Gasteiger partial charge on any atom is -0.478 e. The van der Waals surface area contributed by atoms with Gasteiger partial charge in [-0.1, -0.05) is 46.3 Å². The topological polar surface area (TPSA) is 40.5 Å². The van der Waals surface area contributed by atoms with E-state index in [4.69, 9.17) is 0 Å². The second-order valence-corrected chi connectivity index (χ2v) is 5.68. The zero-order valence-corrected chi connectivity index (χ0v) is 12.8. The van der Waals surface area contributed by atoms with Crippen molar-refractivity contribution in [1.82, 2.24) is 4.90 Å². The summed E-state index contributed by atoms with van der Waals surface area (Å²) in [6.07, 6.45) is 0. The van der Waals surface area contributed by atoms with Gasteiger partial charge >= 0.3 is 5.97 Å². The van der Waals surface area contributed by atoms with Gasteiger partial charge in [0.1, 0.15) is 0 Å². The maximum Gasteiger partial charge on any atom is 0.336 e. The molecule has 0 aliphatic rings. The molecule has 0 heterocycles. The van der Waals surface area contributed by atoms with Crippen LogP contribution in [0.3, 0.4) is 0 Å². The van der Waals surface area contributed by atoms with Crippen LogP contribution in [0.5, 0.6) is 0 Å². The number of benzene rings is 2. The van der Waals surface area contributed by atoms with Gasteiger partial charge in [0.15, 0.2) is 0 Å². The fraction of sp³-hybridized carbons (Fsp3) is 0.188. The second kappa shape index (κ2) is 6.68. The quantitative estimate of drug-likeness (QED) is 0.905. The number of nitrogens with zero attached hydrogens (tertiary/aromatic N) is 1. The number of hydrogen-bond acceptors (Lipinski definition) is 2. The van der Waals surface area contributed by atoms with Gasteiger partial charge in [0, 0.05) is 17.6 Å². The van der Waals surface area contributed by atoms with E-state index in [0.717, 1.165) is 16.6 Å². The van der Waals surface area contributed by atoms with Crippen molar-refractivity contribution in [3.05, 3.63) is 69.7 Å². The highest BCUT2D eigenvalue weighted by Gasteiger charge is 2.10. The molecule has 0 unspecified atom stereocenters. The first kappa shape index (κ1) is 14.8. The normalized spacial score (nSPS) is 10.8. The maximum absolute atomic E-state index is 11.2. The summed E-state index contributed by atoms with van der Waals surface area (Å²) in [5, 5.41) is 9.18. The molecular weight excluding hydrogens is 318 g/mol. The Morgan fingerprint density at radius 1 is 1.10 bits per heavy atom. The lowest BCUT2D eigenvalue weighted by molar-refractivity contribution is 0.0694. The summed E-state index contributed by atoms with van der Waals surface area (Å²) in [7, 11) is 1.99. The first-order chi connectivity index (χ1) is 9.56. The highest BCUT2D eigenvalue weighted by molar-refractivity contribution is 9.10. The molecule has 0 aromatic heterocycles. The van der Waals surface area contributed by atoms with Gasteiger partial charge in [-0.2, -0.15) is 0 Å². The van der Waals surface area contributed by atoms with E-state index in [9.17, 15) is 9.90 Å². The lowest BCUT2D eigenvalue weighted by Gasteiger charge is -2.18. The molecule has 3 nitrogen and oxygen atoms in total. The Morgan fingerprint density at radius 3 is 2.40 bits per heavy atom. The summed E-state index contributed by atoms with van der Waals surface area (Å²) >= 11 is 3.41. The van der Waals surface area contributed by atoms with Crippen LogP contribution >= 0.6 is 15.9 Å². The van der Waals surface area contributed by atoms with Crippen molar-refractivity contribution in [2.24, 2.45) is 0 Å². The van der Waals surface area contributed by atoms with Crippen LogP contribution in [0.2, 0.25) is 0 Å². The van der Waals surface area contributed by atoms with Gasteiger partial charge in [-0.25, -0.2) is 4.79 Å². The molecule has 0 saturated carbocycles. The molecule has 0 saturated heterocycles. The fourth-order valence-corrected chi connectivity index (χ4v) is 2.38. The predicted molar refractivity (Wildman–Crippen MR) is 82.7 cm³/mol. The Kier molecular flexibility index (Phi) is 4.93. The second-order valence-electron chi connectivity index (χ2n) is 4.76. The highest BCUT2D eigenvalue weighted by atomic mass is 79.9. The van der Waals surface area contributed by atoms with E-state index in [1.165, 1.54) is 5.56 Å². The van der Waals surface area contributed by atoms with Crippen molar-refractivity contribution < 1.29 is 9.90 Å². The standard InChI is InChI=1S/C16H16BrNO2/c1-18(10-12-6-8-14(17)9-7-12)11-13-4-2-3-5-15(13)16(19)20/h2-9H,10-11H2,1H3,(H,19,20). The average Bonchev–Trinajstić information content (AvgIpc) is 2.41. The van der Waals surface area contributed by atoms with Crippen molar-refractivity contribution in [2.45, 2.75) is 13.1 Å². The molecule has 2 aromatic carbocycles. The molecule has 2 rings (SSSR count). The molecule has 2 aromatic rings. The van der Waals surface area contributed by atoms with Crippen LogP contribution in [0, 0.1) is 0 Å². The zero-order valence-electron chi connectivity index (χ0n) is 11.2. The number of carbonyl (C=O) groups is 1. The van der Waals surface area contributed by atoms with Crippen LogP contribution in [0.15, 0.2) is 53.0 Å². The number of aromatic carboxylic acids is 1. The van der Waals surface area contributed by atoms with Gasteiger partial charge in [-0.05, 0) is 36.4 Å². The first-order valence-corrected chi connectivity index (χ1v) is 7.10. The zero-order chi connectivity index (χ0) is 14.5. The third kappa shape index (κ3) is 3.92. The molecule has 104 valence electrons. The van der Waals surface area contributed by atoms with Crippen LogP contribution in [-0.2, 0) is 13.1 Å². The molecule has 20 heavy (non-hydrogen) atoms. The summed E-state index contributed by atoms with van der Waals surface area (Å²) < 4.78 is 1.06. The molecular formula is C16H16BrNO2. The van der Waals surface area contributed by atoms with Crippen molar-refractivity contribution >= 4 is 21.9 Å². The summed E-state index contributed by atoms with van der Waals surface area (Å²) in [4.78, 5) is 13.3. The third-order valence-electron chi connectivity index (χ3n) is 3.05. The van der Waals surface area contributed by atoms with Gasteiger partial charge < -0.3 is 5.11 Å². The van der Waals surface area contributed by atoms with Crippen LogP contribution in [0.25, 0.3) is 0 Å². The van der Waals surface area contributed by atoms with E-state index >= 15 is 0 Å². The van der Waals surface area contributed by atoms with Gasteiger partial charge in [-0.3, -0.25) is 4.90 Å². The molecule has 4 heteroatoms. The molecule has 0 radical (unpaired) electrons. The van der Waals surface area contributed by atoms with Crippen molar-refractivity contribution in [2.75, 3.05) is 7.05 Å². The van der Waals surface area contributed by atoms with E-state index in [-0.39, 0.29) is 0 Å². The predicted octanol–water partition coefficient (Wildman–Crippen LogP) is 3.78. The first-order valence-electron chi connectivity index (χ1n) is 6.30. The number of halogens is 1. The third-order valence-corrected chi connectivity index (χ3v) is 3.58. The Hall–Kier alpha value is -1.65. The van der Waals surface area contributed by atoms with Crippen LogP contribution in [-0.4, -0.2) is 23.0 Å². The summed E-state index contributed by atoms with van der Waals surface area (Å²) in [6.45, 7) is 1.39. The van der Waals surface area contributed by atoms with E-state index in [1.54, 1.807) is 12.1 Å². The molecule has 0 amide bonds. The lowest BCUT2D eigenvalue weighted by Crippen LogP contribution is -2.19. The van der Waals surface area contributed by atoms with Crippen molar-refractivity contribution in [3.63, 3.8) is 0 Å².